The predicted octanol–water partition coefficient (Wildman–Crippen LogP) is 7.95. The Labute approximate surface area is 330 Å². The summed E-state index contributed by atoms with van der Waals surface area (Å²) in [4.78, 5) is 23.9. The molecule has 0 aromatic heterocycles. The molecule has 3 aliphatic rings. The molecule has 5 rings (SSSR count). The third kappa shape index (κ3) is 13.4. The molecule has 3 fully saturated rings. The van der Waals surface area contributed by atoms with E-state index in [1.54, 1.807) is 31.2 Å². The van der Waals surface area contributed by atoms with Gasteiger partial charge in [-0.15, -0.1) is 11.6 Å². The van der Waals surface area contributed by atoms with Gasteiger partial charge in [-0.05, 0) is 44.7 Å². The van der Waals surface area contributed by atoms with E-state index in [2.05, 4.69) is 13.8 Å². The van der Waals surface area contributed by atoms with Gasteiger partial charge in [-0.2, -0.15) is 0 Å². The molecule has 3 aliphatic heterocycles. The van der Waals surface area contributed by atoms with Crippen LogP contribution in [0.4, 0.5) is 0 Å². The molecule has 11 atom stereocenters. The van der Waals surface area contributed by atoms with Gasteiger partial charge in [-0.1, -0.05) is 56.7 Å². The third-order valence-corrected chi connectivity index (χ3v) is 10.4. The van der Waals surface area contributed by atoms with Crippen molar-refractivity contribution in [1.29, 1.82) is 0 Å². The molecule has 0 spiro atoms. The monoisotopic (exact) mass is 790 g/mol. The molecule has 3 heterocycles. The molecular weight excluding hydrogens is 732 g/mol. The normalized spacial score (nSPS) is 29.6. The molecule has 2 aromatic rings. The van der Waals surface area contributed by atoms with E-state index >= 15 is 0 Å². The average molecular weight is 791 g/mol. The van der Waals surface area contributed by atoms with Gasteiger partial charge in [-0.25, -0.2) is 0 Å². The van der Waals surface area contributed by atoms with Crippen LogP contribution >= 0.6 is 11.6 Å². The molecule has 0 saturated carbocycles. The zero-order valence-corrected chi connectivity index (χ0v) is 33.3. The number of alkyl halides is 1. The number of para-hydroxylation sites is 2. The Hall–Kier alpha value is -2.81. The van der Waals surface area contributed by atoms with E-state index in [0.29, 0.717) is 80.5 Å². The fourth-order valence-electron chi connectivity index (χ4n) is 7.67. The summed E-state index contributed by atoms with van der Waals surface area (Å²) in [7, 11) is 0. The topological polar surface area (TPSA) is 148 Å². The lowest BCUT2D eigenvalue weighted by atomic mass is 9.93. The molecule has 0 radical (unpaired) electrons. The highest BCUT2D eigenvalue weighted by Gasteiger charge is 2.40. The maximum atomic E-state index is 12.5. The highest BCUT2D eigenvalue weighted by Crippen LogP contribution is 2.42. The quantitative estimate of drug-likeness (QED) is 0.0858. The summed E-state index contributed by atoms with van der Waals surface area (Å²) in [6.07, 6.45) is 2.18. The lowest BCUT2D eigenvalue weighted by Crippen LogP contribution is -2.44. The van der Waals surface area contributed by atoms with Crippen molar-refractivity contribution >= 4 is 23.5 Å². The van der Waals surface area contributed by atoms with Crippen LogP contribution in [0.2, 0.25) is 0 Å². The summed E-state index contributed by atoms with van der Waals surface area (Å²) >= 11 is 5.79. The van der Waals surface area contributed by atoms with E-state index in [4.69, 9.17) is 49.5 Å². The Balaban J connectivity index is 1.30. The third-order valence-electron chi connectivity index (χ3n) is 10.2. The van der Waals surface area contributed by atoms with Crippen molar-refractivity contribution in [3.05, 3.63) is 59.7 Å². The molecular formula is C42H59ClO12. The molecule has 0 aliphatic carbocycles. The van der Waals surface area contributed by atoms with Gasteiger partial charge >= 0.3 is 11.9 Å². The first kappa shape index (κ1) is 43.3. The zero-order valence-electron chi connectivity index (χ0n) is 32.5. The van der Waals surface area contributed by atoms with Crippen molar-refractivity contribution in [2.45, 2.75) is 172 Å². The molecule has 11 unspecified atom stereocenters. The number of hydrogen-bond acceptors (Lipinski definition) is 12. The minimum atomic E-state index is -0.817. The second kappa shape index (κ2) is 21.6. The molecule has 3 saturated heterocycles. The number of carbonyl (C=O) groups is 2. The lowest BCUT2D eigenvalue weighted by molar-refractivity contribution is -0.288. The van der Waals surface area contributed by atoms with Crippen LogP contribution in [0.15, 0.2) is 48.5 Å². The van der Waals surface area contributed by atoms with E-state index < -0.39 is 31.1 Å². The number of benzene rings is 2. The van der Waals surface area contributed by atoms with E-state index in [9.17, 15) is 19.8 Å². The molecule has 2 N–H and O–H groups in total. The number of halogens is 1. The predicted molar refractivity (Wildman–Crippen MR) is 203 cm³/mol. The van der Waals surface area contributed by atoms with E-state index in [1.807, 2.05) is 24.3 Å². The fraction of sp³-hybridized carbons (Fsp3) is 0.667. The van der Waals surface area contributed by atoms with E-state index in [-0.39, 0.29) is 60.7 Å². The summed E-state index contributed by atoms with van der Waals surface area (Å²) in [6, 6.07) is 14.3. The molecule has 0 amide bonds. The summed E-state index contributed by atoms with van der Waals surface area (Å²) in [6.45, 7) is 7.28. The minimum Gasteiger partial charge on any atom is -0.507 e. The average Bonchev–Trinajstić information content (AvgIpc) is 3.13. The van der Waals surface area contributed by atoms with Gasteiger partial charge < -0.3 is 48.1 Å². The number of hydrogen-bond donors (Lipinski definition) is 2. The number of phenols is 1. The van der Waals surface area contributed by atoms with Crippen LogP contribution in [0.3, 0.4) is 0 Å². The Morgan fingerprint density at radius 1 is 0.818 bits per heavy atom. The first-order valence-corrected chi connectivity index (χ1v) is 20.5. The van der Waals surface area contributed by atoms with Crippen molar-refractivity contribution < 1.29 is 57.7 Å². The van der Waals surface area contributed by atoms with Gasteiger partial charge in [0.2, 0.25) is 0 Å². The molecule has 55 heavy (non-hydrogen) atoms. The van der Waals surface area contributed by atoms with Crippen molar-refractivity contribution in [3.63, 3.8) is 0 Å². The number of aliphatic hydroxyl groups is 1. The number of ether oxygens (including phenoxy) is 8. The van der Waals surface area contributed by atoms with Gasteiger partial charge in [-0.3, -0.25) is 9.59 Å². The highest BCUT2D eigenvalue weighted by atomic mass is 35.5. The smallest absolute Gasteiger partial charge is 0.311 e. The SMILES string of the molecule is CCCC1OC(CC(O)CC(C)OC(C)=O)CC(CC2CC(CC3CC(CC)OC(c4ccccc4OC(=O)CCCCl)O3)OC(c3ccccc3O)O2)O1. The zero-order chi connectivity index (χ0) is 39.3. The maximum Gasteiger partial charge on any atom is 0.311 e. The molecule has 12 nitrogen and oxygen atoms in total. The summed E-state index contributed by atoms with van der Waals surface area (Å²) in [5, 5.41) is 21.7. The Bertz CT molecular complexity index is 1490. The summed E-state index contributed by atoms with van der Waals surface area (Å²) < 4.78 is 49.8. The minimum absolute atomic E-state index is 0.0832. The lowest BCUT2D eigenvalue weighted by Gasteiger charge is -2.42. The van der Waals surface area contributed by atoms with Crippen molar-refractivity contribution in [1.82, 2.24) is 0 Å². The Morgan fingerprint density at radius 3 is 2.02 bits per heavy atom. The Kier molecular flexibility index (Phi) is 17.0. The van der Waals surface area contributed by atoms with Gasteiger partial charge in [0.25, 0.3) is 0 Å². The van der Waals surface area contributed by atoms with Crippen molar-refractivity contribution in [2.75, 3.05) is 5.88 Å². The van der Waals surface area contributed by atoms with Crippen molar-refractivity contribution in [2.24, 2.45) is 0 Å². The van der Waals surface area contributed by atoms with E-state index in [0.717, 1.165) is 12.8 Å². The van der Waals surface area contributed by atoms with Gasteiger partial charge in [0.15, 0.2) is 18.9 Å². The highest BCUT2D eigenvalue weighted by molar-refractivity contribution is 6.17. The molecule has 306 valence electrons. The number of phenolic OH excluding ortho intramolecular Hbond substituents is 1. The van der Waals surface area contributed by atoms with Crippen LogP contribution in [-0.2, 0) is 42.7 Å². The van der Waals surface area contributed by atoms with Crippen molar-refractivity contribution in [3.8, 4) is 11.5 Å². The van der Waals surface area contributed by atoms with Crippen LogP contribution in [0.5, 0.6) is 11.5 Å². The van der Waals surface area contributed by atoms with Crippen LogP contribution in [-0.4, -0.2) is 83.2 Å². The molecule has 0 bridgehead atoms. The van der Waals surface area contributed by atoms with Gasteiger partial charge in [0.1, 0.15) is 17.6 Å². The van der Waals surface area contributed by atoms with Crippen LogP contribution < -0.4 is 4.74 Å². The standard InChI is InChI=1S/C42H59ClO12/c1-5-12-40-49-30(20-28(45)19-26(3)48-27(4)44)22-31(50-40)23-33-25-34(53-41(52-33)35-13-7-9-15-37(35)46)24-32-21-29(6-2)51-42(54-32)36-14-8-10-16-38(36)55-39(47)17-11-18-43/h7-10,13-16,26,28-34,40-42,45-46H,5-6,11-12,17-25H2,1-4H3. The number of rotatable bonds is 18. The van der Waals surface area contributed by atoms with Crippen LogP contribution in [0.25, 0.3) is 0 Å². The summed E-state index contributed by atoms with van der Waals surface area (Å²) in [5.41, 5.74) is 1.18. The number of esters is 2. The fourth-order valence-corrected chi connectivity index (χ4v) is 7.80. The first-order chi connectivity index (χ1) is 26.5. The number of aliphatic hydroxyl groups excluding tert-OH is 1. The second-order valence-electron chi connectivity index (χ2n) is 14.9. The van der Waals surface area contributed by atoms with Gasteiger partial charge in [0, 0.05) is 63.3 Å². The second-order valence-corrected chi connectivity index (χ2v) is 15.3. The van der Waals surface area contributed by atoms with Gasteiger partial charge in [0.05, 0.1) is 48.3 Å². The van der Waals surface area contributed by atoms with E-state index in [1.165, 1.54) is 6.92 Å². The summed E-state index contributed by atoms with van der Waals surface area (Å²) in [5.74, 6) is 0.108. The Morgan fingerprint density at radius 2 is 1.38 bits per heavy atom. The number of carbonyl (C=O) groups excluding carboxylic acids is 2. The maximum absolute atomic E-state index is 12.5. The van der Waals surface area contributed by atoms with Crippen LogP contribution in [0.1, 0.15) is 128 Å². The number of aromatic hydroxyl groups is 1. The first-order valence-electron chi connectivity index (χ1n) is 19.9. The molecule has 13 heteroatoms. The molecule has 2 aromatic carbocycles. The van der Waals surface area contributed by atoms with Crippen LogP contribution in [0, 0.1) is 0 Å². The largest absolute Gasteiger partial charge is 0.507 e.